The average molecular weight is 554 g/mol. The first kappa shape index (κ1) is 28.6. The number of carboxylic acid groups (broad SMARTS) is 1. The molecule has 4 fully saturated rings. The maximum Gasteiger partial charge on any atom is 0.430 e. The lowest BCUT2D eigenvalue weighted by Gasteiger charge is -2.55. The van der Waals surface area contributed by atoms with Gasteiger partial charge in [-0.15, -0.1) is 11.3 Å². The highest BCUT2D eigenvalue weighted by atomic mass is 32.1. The summed E-state index contributed by atoms with van der Waals surface area (Å²) in [5, 5.41) is 22.5. The van der Waals surface area contributed by atoms with Gasteiger partial charge in [-0.1, -0.05) is 49.2 Å². The van der Waals surface area contributed by atoms with Crippen LogP contribution >= 0.6 is 11.3 Å². The van der Waals surface area contributed by atoms with Gasteiger partial charge in [0.05, 0.1) is 13.1 Å². The Morgan fingerprint density at radius 2 is 1.66 bits per heavy atom. The van der Waals surface area contributed by atoms with Crippen LogP contribution in [0.15, 0.2) is 47.8 Å². The van der Waals surface area contributed by atoms with E-state index < -0.39 is 23.7 Å². The van der Waals surface area contributed by atoms with Crippen LogP contribution in [0.1, 0.15) is 61.9 Å². The van der Waals surface area contributed by atoms with E-state index in [0.717, 1.165) is 67.5 Å². The lowest BCUT2D eigenvalue weighted by Crippen LogP contribution is -2.65. The van der Waals surface area contributed by atoms with Crippen LogP contribution in [0.3, 0.4) is 0 Å². The summed E-state index contributed by atoms with van der Waals surface area (Å²) in [5.41, 5.74) is -0.138. The number of aliphatic carboxylic acids is 1. The van der Waals surface area contributed by atoms with Crippen molar-refractivity contribution in [2.45, 2.75) is 69.4 Å². The highest BCUT2D eigenvalue weighted by Crippen LogP contribution is 2.46. The average Bonchev–Trinajstić information content (AvgIpc) is 3.64. The van der Waals surface area contributed by atoms with Gasteiger partial charge in [0.1, 0.15) is 18.6 Å². The number of thiophene rings is 1. The van der Waals surface area contributed by atoms with Gasteiger partial charge in [0.15, 0.2) is 11.7 Å². The van der Waals surface area contributed by atoms with Gasteiger partial charge in [-0.3, -0.25) is 0 Å². The zero-order valence-corrected chi connectivity index (χ0v) is 22.2. The number of hydrogen-bond donors (Lipinski definition) is 1. The molecule has 208 valence electrons. The number of benzene rings is 1. The first-order valence-corrected chi connectivity index (χ1v) is 14.0. The summed E-state index contributed by atoms with van der Waals surface area (Å²) in [6.07, 6.45) is 0.824. The molecule has 0 amide bonds. The molecule has 1 N–H and O–H groups in total. The van der Waals surface area contributed by atoms with Crippen LogP contribution in [-0.2, 0) is 19.9 Å². The molecule has 3 aliphatic heterocycles. The number of halogens is 3. The van der Waals surface area contributed by atoms with Gasteiger partial charge in [0.25, 0.3) is 0 Å². The van der Waals surface area contributed by atoms with Crippen LogP contribution < -0.4 is 5.11 Å². The summed E-state index contributed by atoms with van der Waals surface area (Å²) in [4.78, 5) is 23.1. The minimum atomic E-state index is -5.19. The predicted octanol–water partition coefficient (Wildman–Crippen LogP) is 4.34. The van der Waals surface area contributed by atoms with E-state index >= 15 is 0 Å². The molecule has 6 rings (SSSR count). The molecule has 2 aromatic rings. The first-order chi connectivity index (χ1) is 18.0. The van der Waals surface area contributed by atoms with Crippen LogP contribution in [0.4, 0.5) is 13.2 Å². The van der Waals surface area contributed by atoms with Gasteiger partial charge in [-0.05, 0) is 31.2 Å². The van der Waals surface area contributed by atoms with E-state index in [2.05, 4.69) is 37.3 Å². The third-order valence-corrected chi connectivity index (χ3v) is 9.70. The molecule has 2 bridgehead atoms. The summed E-state index contributed by atoms with van der Waals surface area (Å²) < 4.78 is 38.8. The molecule has 38 heavy (non-hydrogen) atoms. The standard InChI is InChI=1S/C26H34NO3S.C2HF3O2/c1-19(20-8-3-2-4-9-20)27-15-13-21(14-16-27)23(18-27)30-25(28)26(29,22-10-5-6-11-22)24-12-7-17-31-24;3-2(4,5)1(6)7/h2-4,7-9,12,17,19,21-23,29H,5-6,10-11,13-16,18H2,1H3;(H,6,7)/q+1;/p-1/t19?,21?,23-,26-,27?;/m0./s1. The highest BCUT2D eigenvalue weighted by molar-refractivity contribution is 7.10. The van der Waals surface area contributed by atoms with Crippen molar-refractivity contribution in [3.8, 4) is 0 Å². The second-order valence-corrected chi connectivity index (χ2v) is 11.7. The molecule has 6 nitrogen and oxygen atoms in total. The molecule has 4 aliphatic rings. The molecule has 1 unspecified atom stereocenters. The second-order valence-electron chi connectivity index (χ2n) is 10.7. The van der Waals surface area contributed by atoms with E-state index in [1.165, 1.54) is 16.9 Å². The normalized spacial score (nSPS) is 27.6. The molecule has 4 heterocycles. The van der Waals surface area contributed by atoms with Crippen LogP contribution in [0.25, 0.3) is 0 Å². The monoisotopic (exact) mass is 553 g/mol. The summed E-state index contributed by atoms with van der Waals surface area (Å²) >= 11 is 1.47. The minimum Gasteiger partial charge on any atom is -0.542 e. The summed E-state index contributed by atoms with van der Waals surface area (Å²) in [6, 6.07) is 14.9. The Morgan fingerprint density at radius 1 is 1.05 bits per heavy atom. The molecule has 3 atom stereocenters. The lowest BCUT2D eigenvalue weighted by atomic mass is 9.80. The Hall–Kier alpha value is -2.43. The van der Waals surface area contributed by atoms with Gasteiger partial charge in [-0.25, -0.2) is 4.79 Å². The topological polar surface area (TPSA) is 86.7 Å². The molecular weight excluding hydrogens is 519 g/mol. The van der Waals surface area contributed by atoms with E-state index in [1.807, 2.05) is 17.5 Å². The zero-order chi connectivity index (χ0) is 27.6. The van der Waals surface area contributed by atoms with Crippen molar-refractivity contribution in [1.82, 2.24) is 0 Å². The Balaban J connectivity index is 0.000000426. The number of fused-ring (bicyclic) bond motifs is 3. The number of ether oxygens (including phenoxy) is 1. The fourth-order valence-electron chi connectivity index (χ4n) is 6.43. The van der Waals surface area contributed by atoms with Crippen molar-refractivity contribution >= 4 is 23.3 Å². The molecule has 0 spiro atoms. The van der Waals surface area contributed by atoms with Crippen LogP contribution in [-0.4, -0.2) is 53.4 Å². The van der Waals surface area contributed by atoms with Gasteiger partial charge in [-0.2, -0.15) is 13.2 Å². The number of rotatable bonds is 6. The maximum atomic E-state index is 13.6. The number of esters is 1. The first-order valence-electron chi connectivity index (χ1n) is 13.1. The Labute approximate surface area is 224 Å². The highest BCUT2D eigenvalue weighted by Gasteiger charge is 2.54. The smallest absolute Gasteiger partial charge is 0.430 e. The van der Waals surface area contributed by atoms with Gasteiger partial charge in [0.2, 0.25) is 0 Å². The molecule has 1 aliphatic carbocycles. The van der Waals surface area contributed by atoms with Crippen molar-refractivity contribution in [3.63, 3.8) is 0 Å². The third-order valence-electron chi connectivity index (χ3n) is 8.71. The Kier molecular flexibility index (Phi) is 8.54. The van der Waals surface area contributed by atoms with Gasteiger partial charge >= 0.3 is 12.1 Å². The van der Waals surface area contributed by atoms with E-state index in [-0.39, 0.29) is 12.0 Å². The van der Waals surface area contributed by atoms with Gasteiger partial charge < -0.3 is 24.2 Å². The number of carbonyl (C=O) groups excluding carboxylic acids is 2. The van der Waals surface area contributed by atoms with Crippen molar-refractivity contribution < 1.29 is 42.2 Å². The Morgan fingerprint density at radius 3 is 2.18 bits per heavy atom. The Bertz CT molecular complexity index is 1080. The molecule has 10 heteroatoms. The van der Waals surface area contributed by atoms with Crippen LogP contribution in [0.5, 0.6) is 0 Å². The van der Waals surface area contributed by atoms with Gasteiger partial charge in [0, 0.05) is 35.1 Å². The number of alkyl halides is 3. The van der Waals surface area contributed by atoms with Crippen LogP contribution in [0, 0.1) is 11.8 Å². The van der Waals surface area contributed by atoms with Crippen molar-refractivity contribution in [2.24, 2.45) is 11.8 Å². The molecule has 1 aromatic carbocycles. The summed E-state index contributed by atoms with van der Waals surface area (Å²) in [7, 11) is 0. The number of carbonyl (C=O) groups is 2. The second kappa shape index (κ2) is 11.4. The van der Waals surface area contributed by atoms with Crippen LogP contribution in [0.2, 0.25) is 0 Å². The fraction of sp³-hybridized carbons (Fsp3) is 0.571. The quantitative estimate of drug-likeness (QED) is 0.425. The van der Waals surface area contributed by atoms with E-state index in [4.69, 9.17) is 14.6 Å². The fourth-order valence-corrected chi connectivity index (χ4v) is 7.32. The van der Waals surface area contributed by atoms with Crippen molar-refractivity contribution in [1.29, 1.82) is 0 Å². The lowest BCUT2D eigenvalue weighted by molar-refractivity contribution is -0.972. The zero-order valence-electron chi connectivity index (χ0n) is 21.4. The molecular formula is C28H34F3NO5S. The SMILES string of the molecule is CC(c1ccccc1)[N+]12CCC(CC1)[C@@H](OC(=O)[C@@](O)(c1cccs1)C1CCCC1)C2.O=C([O-])C(F)(F)F. The summed E-state index contributed by atoms with van der Waals surface area (Å²) in [5.74, 6) is -3.03. The largest absolute Gasteiger partial charge is 0.542 e. The number of aliphatic hydroxyl groups is 1. The maximum absolute atomic E-state index is 13.6. The van der Waals surface area contributed by atoms with E-state index in [0.29, 0.717) is 12.0 Å². The predicted molar refractivity (Wildman–Crippen MR) is 134 cm³/mol. The molecule has 0 radical (unpaired) electrons. The van der Waals surface area contributed by atoms with E-state index in [1.54, 1.807) is 0 Å². The number of quaternary nitrogens is 1. The summed E-state index contributed by atoms with van der Waals surface area (Å²) in [6.45, 7) is 5.47. The van der Waals surface area contributed by atoms with Crippen molar-refractivity contribution in [3.05, 3.63) is 58.3 Å². The number of hydrogen-bond acceptors (Lipinski definition) is 6. The molecule has 3 saturated heterocycles. The molecule has 1 aromatic heterocycles. The van der Waals surface area contributed by atoms with E-state index in [9.17, 15) is 23.1 Å². The number of piperidine rings is 3. The minimum absolute atomic E-state index is 0.0360. The number of nitrogens with zero attached hydrogens (tertiary/aromatic N) is 1. The molecule has 1 saturated carbocycles. The van der Waals surface area contributed by atoms with Crippen molar-refractivity contribution in [2.75, 3.05) is 19.6 Å². The third kappa shape index (κ3) is 5.77. The number of carboxylic acids is 1.